The lowest BCUT2D eigenvalue weighted by molar-refractivity contribution is -0.183. The van der Waals surface area contributed by atoms with Crippen molar-refractivity contribution in [2.24, 2.45) is 22.5 Å². The molecule has 1 aromatic rings. The van der Waals surface area contributed by atoms with Crippen LogP contribution in [0.25, 0.3) is 0 Å². The molecule has 1 heterocycles. The molecule has 1 saturated heterocycles. The Balaban J connectivity index is 0.00000131. The van der Waals surface area contributed by atoms with Crippen molar-refractivity contribution in [3.05, 3.63) is 47.0 Å². The molecule has 2 aliphatic carbocycles. The minimum Gasteiger partial charge on any atom is -0.465 e. The highest BCUT2D eigenvalue weighted by molar-refractivity contribution is 5.93. The minimum atomic E-state index is -1.39. The van der Waals surface area contributed by atoms with Crippen molar-refractivity contribution >= 4 is 23.8 Å². The van der Waals surface area contributed by atoms with Gasteiger partial charge in [0.05, 0.1) is 29.8 Å². The first kappa shape index (κ1) is 45.7. The van der Waals surface area contributed by atoms with E-state index in [4.69, 9.17) is 38.7 Å². The van der Waals surface area contributed by atoms with Crippen LogP contribution in [0.2, 0.25) is 0 Å². The number of nitrogens with two attached hydrogens (primary N) is 1. The lowest BCUT2D eigenvalue weighted by Gasteiger charge is -2.57. The van der Waals surface area contributed by atoms with E-state index in [0.29, 0.717) is 17.6 Å². The summed E-state index contributed by atoms with van der Waals surface area (Å²) in [5.41, 5.74) is 2.81. The first-order valence-electron chi connectivity index (χ1n) is 17.3. The summed E-state index contributed by atoms with van der Waals surface area (Å²) in [6.07, 6.45) is -2.67. The van der Waals surface area contributed by atoms with E-state index in [-0.39, 0.29) is 43.7 Å². The van der Waals surface area contributed by atoms with Gasteiger partial charge < -0.3 is 44.7 Å². The molecule has 1 aliphatic heterocycles. The number of ketones is 1. The third-order valence-corrected chi connectivity index (χ3v) is 10.1. The van der Waals surface area contributed by atoms with Crippen LogP contribution in [-0.4, -0.2) is 103 Å². The third kappa shape index (κ3) is 10.8. The molecule has 13 nitrogen and oxygen atoms in total. The molecule has 1 amide bonds. The number of aliphatic hydroxyl groups excluding tert-OH is 1. The normalized spacial score (nSPS) is 30.0. The van der Waals surface area contributed by atoms with Crippen LogP contribution in [0.15, 0.2) is 41.5 Å². The summed E-state index contributed by atoms with van der Waals surface area (Å²) in [5.74, 6) is -1.84. The molecule has 2 bridgehead atoms. The van der Waals surface area contributed by atoms with Crippen LogP contribution < -0.4 is 5.73 Å². The summed E-state index contributed by atoms with van der Waals surface area (Å²) in [5, 5.41) is 26.7. The number of Topliss-reactive ketones (excluding diaryl/α,β-unsaturated/α-hetero) is 1. The van der Waals surface area contributed by atoms with Crippen molar-refractivity contribution in [1.29, 1.82) is 0 Å². The molecule has 51 heavy (non-hydrogen) atoms. The van der Waals surface area contributed by atoms with Crippen molar-refractivity contribution < 1.29 is 58.2 Å². The summed E-state index contributed by atoms with van der Waals surface area (Å²) in [7, 11) is 4.09. The highest BCUT2D eigenvalue weighted by Crippen LogP contribution is 2.58. The van der Waals surface area contributed by atoms with Gasteiger partial charge in [-0.25, -0.2) is 9.59 Å². The van der Waals surface area contributed by atoms with Gasteiger partial charge in [-0.15, -0.1) is 0 Å². The third-order valence-electron chi connectivity index (χ3n) is 10.1. The van der Waals surface area contributed by atoms with E-state index in [0.717, 1.165) is 12.7 Å². The van der Waals surface area contributed by atoms with Crippen LogP contribution in [0.4, 0.5) is 4.79 Å². The number of benzene rings is 1. The van der Waals surface area contributed by atoms with Gasteiger partial charge in [0.1, 0.15) is 12.2 Å². The van der Waals surface area contributed by atoms with Gasteiger partial charge in [-0.1, -0.05) is 64.4 Å². The number of hydrogen-bond donors (Lipinski definition) is 4. The number of esters is 2. The zero-order chi connectivity index (χ0) is 39.3. The van der Waals surface area contributed by atoms with E-state index < -0.39 is 58.9 Å². The largest absolute Gasteiger partial charge is 0.465 e. The Morgan fingerprint density at radius 2 is 1.59 bits per heavy atom. The number of ether oxygens (including phenoxy) is 5. The molecule has 3 aliphatic rings. The highest BCUT2D eigenvalue weighted by atomic mass is 16.6. The van der Waals surface area contributed by atoms with E-state index in [1.165, 1.54) is 20.5 Å². The Bertz CT molecular complexity index is 1330. The van der Waals surface area contributed by atoms with E-state index in [1.54, 1.807) is 7.11 Å². The molecule has 4 rings (SSSR count). The molecule has 1 aromatic carbocycles. The van der Waals surface area contributed by atoms with Gasteiger partial charge in [-0.05, 0) is 49.8 Å². The molecular formula is C38H61NO12. The molecule has 8 atom stereocenters. The molecule has 290 valence electrons. The standard InChI is InChI=1S/C33H46O9.C3H8.CH3NO2.CH4O/c1-19-14-26(38-7)32(6)23(18-40-19)16-33(37)17-25(20(2)27(31(33,4)5)28(39-8)29(32)35)42-30(36)24(41-21(3)34)15-22-12-10-9-11-13-22;1-3-2;2-1(3)4;1-2/h9-13,19,23-26,28,37H,14-18H2,1-8H3;3H2,1-2H3;2H2,(H,3,4);2H,1H3/t19-,23+,24+,25-,26-,28+,32-,33-;;;/m0.../s1. The van der Waals surface area contributed by atoms with E-state index in [1.807, 2.05) is 65.0 Å². The van der Waals surface area contributed by atoms with Crippen LogP contribution in [-0.2, 0) is 44.5 Å². The number of rotatable bonds is 7. The maximum atomic E-state index is 14.6. The van der Waals surface area contributed by atoms with Crippen LogP contribution in [0.5, 0.6) is 0 Å². The number of carbonyl (C=O) groups is 4. The molecule has 0 aromatic heterocycles. The first-order valence-corrected chi connectivity index (χ1v) is 17.3. The molecule has 5 N–H and O–H groups in total. The predicted octanol–water partition coefficient (Wildman–Crippen LogP) is 4.63. The van der Waals surface area contributed by atoms with Crippen molar-refractivity contribution in [2.75, 3.05) is 27.9 Å². The summed E-state index contributed by atoms with van der Waals surface area (Å²) in [4.78, 5) is 48.8. The van der Waals surface area contributed by atoms with Gasteiger partial charge in [0.15, 0.2) is 5.78 Å². The van der Waals surface area contributed by atoms with Crippen molar-refractivity contribution in [3.63, 3.8) is 0 Å². The topological polar surface area (TPSA) is 201 Å². The monoisotopic (exact) mass is 723 g/mol. The average molecular weight is 724 g/mol. The number of methoxy groups -OCH3 is 2. The lowest BCUT2D eigenvalue weighted by atomic mass is 9.51. The zero-order valence-corrected chi connectivity index (χ0v) is 32.2. The lowest BCUT2D eigenvalue weighted by Crippen LogP contribution is -2.63. The first-order chi connectivity index (χ1) is 23.8. The molecule has 13 heteroatoms. The Hall–Kier alpha value is -3.36. The molecule has 1 saturated carbocycles. The van der Waals surface area contributed by atoms with Gasteiger partial charge in [-0.3, -0.25) is 9.59 Å². The number of hydrogen-bond acceptors (Lipinski definition) is 11. The predicted molar refractivity (Wildman–Crippen MR) is 191 cm³/mol. The quantitative estimate of drug-likeness (QED) is 0.225. The van der Waals surface area contributed by atoms with Crippen molar-refractivity contribution in [2.45, 2.75) is 124 Å². The van der Waals surface area contributed by atoms with E-state index in [9.17, 15) is 19.5 Å². The second kappa shape index (κ2) is 20.0. The van der Waals surface area contributed by atoms with Crippen LogP contribution in [0.1, 0.15) is 86.6 Å². The van der Waals surface area contributed by atoms with Gasteiger partial charge >= 0.3 is 18.0 Å². The van der Waals surface area contributed by atoms with Gasteiger partial charge in [-0.2, -0.15) is 0 Å². The second-order valence-electron chi connectivity index (χ2n) is 14.0. The van der Waals surface area contributed by atoms with Crippen LogP contribution >= 0.6 is 0 Å². The average Bonchev–Trinajstić information content (AvgIpc) is 3.18. The Kier molecular flexibility index (Phi) is 17.9. The molecule has 0 spiro atoms. The van der Waals surface area contributed by atoms with Gasteiger partial charge in [0, 0.05) is 52.9 Å². The fourth-order valence-corrected chi connectivity index (χ4v) is 7.40. The maximum Gasteiger partial charge on any atom is 0.402 e. The molecule has 0 unspecified atom stereocenters. The van der Waals surface area contributed by atoms with Crippen molar-refractivity contribution in [3.8, 4) is 0 Å². The highest BCUT2D eigenvalue weighted by Gasteiger charge is 2.63. The molecule has 0 radical (unpaired) electrons. The number of carboxylic acid groups (broad SMARTS) is 1. The Morgan fingerprint density at radius 3 is 2.08 bits per heavy atom. The van der Waals surface area contributed by atoms with Crippen LogP contribution in [0, 0.1) is 16.7 Å². The SMILES string of the molecule is CCC.CO.CO[C@H]1C(=O)[C@@]2(C)[C@@H](CO[C@@H](C)C[C@@H]2OC)C[C@]2(O)C[C@H](OC(=O)[C@@H](Cc3ccccc3)OC(C)=O)C(C)=C1C2(C)C.NC(=O)O. The summed E-state index contributed by atoms with van der Waals surface area (Å²) < 4.78 is 29.5. The number of carbonyl (C=O) groups excluding carboxylic acids is 3. The summed E-state index contributed by atoms with van der Waals surface area (Å²) >= 11 is 0. The number of primary amides is 1. The van der Waals surface area contributed by atoms with Gasteiger partial charge in [0.25, 0.3) is 0 Å². The smallest absolute Gasteiger partial charge is 0.402 e. The summed E-state index contributed by atoms with van der Waals surface area (Å²) in [6.45, 7) is 15.3. The van der Waals surface area contributed by atoms with Crippen LogP contribution in [0.3, 0.4) is 0 Å². The van der Waals surface area contributed by atoms with E-state index >= 15 is 0 Å². The maximum absolute atomic E-state index is 14.6. The fourth-order valence-electron chi connectivity index (χ4n) is 7.40. The number of fused-ring (bicyclic) bond motifs is 3. The van der Waals surface area contributed by atoms with Gasteiger partial charge in [0.2, 0.25) is 6.10 Å². The van der Waals surface area contributed by atoms with Crippen molar-refractivity contribution in [1.82, 2.24) is 0 Å². The fraction of sp³-hybridized carbons (Fsp3) is 0.684. The van der Waals surface area contributed by atoms with E-state index in [2.05, 4.69) is 19.6 Å². The molecule has 2 fully saturated rings. The molecular weight excluding hydrogens is 662 g/mol. The minimum absolute atomic E-state index is 0.101. The second-order valence-corrected chi connectivity index (χ2v) is 14.0. The Labute approximate surface area is 302 Å². The number of aliphatic hydroxyl groups is 2. The Morgan fingerprint density at radius 1 is 1.04 bits per heavy atom. The number of amides is 1. The zero-order valence-electron chi connectivity index (χ0n) is 32.2. The summed E-state index contributed by atoms with van der Waals surface area (Å²) in [6, 6.07) is 9.23.